The van der Waals surface area contributed by atoms with Crippen molar-refractivity contribution in [3.8, 4) is 5.88 Å². The Kier molecular flexibility index (Phi) is 5.61. The zero-order valence-corrected chi connectivity index (χ0v) is 13.3. The summed E-state index contributed by atoms with van der Waals surface area (Å²) in [5.41, 5.74) is -3.05. The Morgan fingerprint density at radius 3 is 2.33 bits per heavy atom. The molecule has 2 aromatic rings. The molecular weight excluding hydrogens is 391 g/mol. The summed E-state index contributed by atoms with van der Waals surface area (Å²) in [5.74, 6) is -1.43. The van der Waals surface area contributed by atoms with Crippen molar-refractivity contribution in [2.75, 3.05) is 0 Å². The minimum Gasteiger partial charge on any atom is -0.417 e. The number of ether oxygens (including phenoxy) is 1. The monoisotopic (exact) mass is 401 g/mol. The van der Waals surface area contributed by atoms with Crippen LogP contribution in [0.1, 0.15) is 28.9 Å². The van der Waals surface area contributed by atoms with Crippen LogP contribution in [0.4, 0.5) is 36.4 Å². The molecule has 0 saturated heterocycles. The van der Waals surface area contributed by atoms with Gasteiger partial charge in [-0.15, -0.1) is 0 Å². The van der Waals surface area contributed by atoms with Gasteiger partial charge in [-0.2, -0.15) is 40.5 Å². The molecule has 0 amide bonds. The van der Waals surface area contributed by atoms with Gasteiger partial charge >= 0.3 is 19.3 Å². The third-order valence-electron chi connectivity index (χ3n) is 3.45. The fraction of sp³-hybridized carbons (Fsp3) is 0.357. The second-order valence-electron chi connectivity index (χ2n) is 5.29. The van der Waals surface area contributed by atoms with Gasteiger partial charge in [0.1, 0.15) is 0 Å². The molecule has 0 aliphatic heterocycles. The first-order valence-corrected chi connectivity index (χ1v) is 7.07. The summed E-state index contributed by atoms with van der Waals surface area (Å²) >= 11 is 0. The maximum Gasteiger partial charge on any atom is 0.435 e. The molecule has 6 nitrogen and oxygen atoms in total. The molecule has 0 N–H and O–H groups in total. The average molecular weight is 401 g/mol. The van der Waals surface area contributed by atoms with Gasteiger partial charge in [0.15, 0.2) is 5.69 Å². The quantitative estimate of drug-likeness (QED) is 0.400. The predicted octanol–water partition coefficient (Wildman–Crippen LogP) is 4.71. The topological polar surface area (TPSA) is 70.2 Å². The largest absolute Gasteiger partial charge is 0.435 e. The van der Waals surface area contributed by atoms with Crippen molar-refractivity contribution in [1.82, 2.24) is 9.78 Å². The number of benzene rings is 1. The van der Waals surface area contributed by atoms with Crippen molar-refractivity contribution < 1.29 is 40.4 Å². The Balaban J connectivity index is 2.59. The van der Waals surface area contributed by atoms with Crippen LogP contribution < -0.4 is 4.74 Å². The predicted molar refractivity (Wildman–Crippen MR) is 75.8 cm³/mol. The fourth-order valence-corrected chi connectivity index (χ4v) is 2.42. The molecule has 1 aromatic heterocycles. The summed E-state index contributed by atoms with van der Waals surface area (Å²) in [6.07, 6.45) is -5.98. The summed E-state index contributed by atoms with van der Waals surface area (Å²) < 4.78 is 93.6. The maximum absolute atomic E-state index is 13.1. The number of hydrogen-bond acceptors (Lipinski definition) is 4. The van der Waals surface area contributed by atoms with E-state index in [4.69, 9.17) is 0 Å². The molecule has 0 radical (unpaired) electrons. The van der Waals surface area contributed by atoms with Crippen LogP contribution in [0.2, 0.25) is 0 Å². The lowest BCUT2D eigenvalue weighted by molar-refractivity contribution is -0.385. The van der Waals surface area contributed by atoms with Gasteiger partial charge < -0.3 is 4.74 Å². The third kappa shape index (κ3) is 4.46. The van der Waals surface area contributed by atoms with E-state index >= 15 is 0 Å². The minimum atomic E-state index is -5.22. The minimum absolute atomic E-state index is 0.0246. The van der Waals surface area contributed by atoms with Gasteiger partial charge in [-0.1, -0.05) is 6.07 Å². The molecule has 0 saturated carbocycles. The van der Waals surface area contributed by atoms with Crippen molar-refractivity contribution in [3.63, 3.8) is 0 Å². The molecule has 0 fully saturated rings. The molecule has 13 heteroatoms. The Hall–Kier alpha value is -2.86. The maximum atomic E-state index is 13.1. The number of nitro benzene ring substituents is 1. The normalized spacial score (nSPS) is 12.1. The number of rotatable bonds is 6. The third-order valence-corrected chi connectivity index (χ3v) is 3.45. The lowest BCUT2D eigenvalue weighted by Gasteiger charge is -2.11. The van der Waals surface area contributed by atoms with Crippen LogP contribution >= 0.6 is 0 Å². The summed E-state index contributed by atoms with van der Waals surface area (Å²) in [7, 11) is 0. The molecular formula is C14H10F7N3O3. The molecule has 0 bridgehead atoms. The standard InChI is InChI=1S/C14H10F7N3O3/c1-6-4-7(2-3-9(6)24(25)26)5-8-10(14(19,20)21)22-23(12(15)16)11(8)27-13(17)18/h2-4,12-13H,5H2,1H3. The highest BCUT2D eigenvalue weighted by Gasteiger charge is 2.41. The van der Waals surface area contributed by atoms with Gasteiger partial charge in [-0.3, -0.25) is 10.1 Å². The average Bonchev–Trinajstić information content (AvgIpc) is 2.85. The van der Waals surface area contributed by atoms with E-state index in [2.05, 4.69) is 9.84 Å². The zero-order valence-electron chi connectivity index (χ0n) is 13.3. The second kappa shape index (κ2) is 7.40. The van der Waals surface area contributed by atoms with Gasteiger partial charge in [0.25, 0.3) is 5.69 Å². The fourth-order valence-electron chi connectivity index (χ4n) is 2.42. The molecule has 0 atom stereocenters. The Morgan fingerprint density at radius 1 is 1.26 bits per heavy atom. The summed E-state index contributed by atoms with van der Waals surface area (Å²) in [6.45, 7) is -6.02. The van der Waals surface area contributed by atoms with Crippen LogP contribution in [0, 0.1) is 17.0 Å². The van der Waals surface area contributed by atoms with Crippen LogP contribution in [0.25, 0.3) is 0 Å². The van der Waals surface area contributed by atoms with Crippen molar-refractivity contribution in [2.45, 2.75) is 32.7 Å². The van der Waals surface area contributed by atoms with Crippen molar-refractivity contribution in [3.05, 3.63) is 50.7 Å². The van der Waals surface area contributed by atoms with E-state index in [9.17, 15) is 40.8 Å². The van der Waals surface area contributed by atoms with Crippen molar-refractivity contribution in [2.24, 2.45) is 0 Å². The van der Waals surface area contributed by atoms with Crippen LogP contribution in [0.5, 0.6) is 5.88 Å². The number of hydrogen-bond donors (Lipinski definition) is 0. The highest BCUT2D eigenvalue weighted by Crippen LogP contribution is 2.39. The molecule has 0 aliphatic carbocycles. The summed E-state index contributed by atoms with van der Waals surface area (Å²) in [5, 5.41) is 13.5. The highest BCUT2D eigenvalue weighted by molar-refractivity contribution is 5.45. The van der Waals surface area contributed by atoms with E-state index in [1.54, 1.807) is 0 Å². The molecule has 0 aliphatic rings. The number of aromatic nitrogens is 2. The smallest absolute Gasteiger partial charge is 0.417 e. The summed E-state index contributed by atoms with van der Waals surface area (Å²) in [4.78, 5) is 10.1. The number of alkyl halides is 7. The van der Waals surface area contributed by atoms with E-state index in [1.807, 2.05) is 0 Å². The van der Waals surface area contributed by atoms with Crippen LogP contribution in [-0.4, -0.2) is 21.3 Å². The molecule has 0 unspecified atom stereocenters. The van der Waals surface area contributed by atoms with Crippen molar-refractivity contribution >= 4 is 5.69 Å². The highest BCUT2D eigenvalue weighted by atomic mass is 19.4. The van der Waals surface area contributed by atoms with Gasteiger partial charge in [0.05, 0.1) is 10.5 Å². The second-order valence-corrected chi connectivity index (χ2v) is 5.29. The molecule has 0 spiro atoms. The SMILES string of the molecule is Cc1cc(Cc2c(C(F)(F)F)nn(C(F)F)c2OC(F)F)ccc1[N+](=O)[O-]. The number of nitrogens with zero attached hydrogens (tertiary/aromatic N) is 3. The van der Waals surface area contributed by atoms with Gasteiger partial charge in [0.2, 0.25) is 5.88 Å². The number of aryl methyl sites for hydroxylation is 1. The first-order valence-electron chi connectivity index (χ1n) is 7.07. The molecule has 148 valence electrons. The van der Waals surface area contributed by atoms with Crippen LogP contribution in [0.15, 0.2) is 18.2 Å². The zero-order chi connectivity index (χ0) is 20.5. The summed E-state index contributed by atoms with van der Waals surface area (Å²) in [6, 6.07) is 3.23. The van der Waals surface area contributed by atoms with E-state index in [0.29, 0.717) is 0 Å². The molecule has 27 heavy (non-hydrogen) atoms. The molecule has 1 heterocycles. The van der Waals surface area contributed by atoms with E-state index in [0.717, 1.165) is 18.2 Å². The molecule has 2 rings (SSSR count). The van der Waals surface area contributed by atoms with E-state index in [-0.39, 0.29) is 16.8 Å². The first-order chi connectivity index (χ1) is 12.4. The molecule has 1 aromatic carbocycles. The lowest BCUT2D eigenvalue weighted by atomic mass is 10.0. The van der Waals surface area contributed by atoms with Crippen LogP contribution in [-0.2, 0) is 12.6 Å². The van der Waals surface area contributed by atoms with Crippen LogP contribution in [0.3, 0.4) is 0 Å². The Labute approximate surface area is 146 Å². The lowest BCUT2D eigenvalue weighted by Crippen LogP contribution is -2.11. The van der Waals surface area contributed by atoms with Gasteiger partial charge in [-0.25, -0.2) is 0 Å². The van der Waals surface area contributed by atoms with Gasteiger partial charge in [-0.05, 0) is 18.6 Å². The van der Waals surface area contributed by atoms with Gasteiger partial charge in [0, 0.05) is 18.1 Å². The van der Waals surface area contributed by atoms with Crippen molar-refractivity contribution in [1.29, 1.82) is 0 Å². The Morgan fingerprint density at radius 2 is 1.89 bits per heavy atom. The first kappa shape index (κ1) is 20.5. The Bertz CT molecular complexity index is 849. The number of halogens is 7. The van der Waals surface area contributed by atoms with E-state index < -0.39 is 52.5 Å². The van der Waals surface area contributed by atoms with E-state index in [1.165, 1.54) is 6.92 Å². The number of nitro groups is 1.